The number of thiazole rings is 1. The van der Waals surface area contributed by atoms with Crippen molar-refractivity contribution in [2.75, 3.05) is 26.2 Å². The Balaban J connectivity index is 0.929. The molecule has 8 rings (SSSR count). The normalized spacial score (nSPS) is 19.6. The average Bonchev–Trinajstić information content (AvgIpc) is 3.92. The number of rotatable bonds is 8. The first-order chi connectivity index (χ1) is 24.3. The van der Waals surface area contributed by atoms with Crippen molar-refractivity contribution < 1.29 is 14.3 Å². The highest BCUT2D eigenvalue weighted by atomic mass is 32.1. The van der Waals surface area contributed by atoms with Crippen LogP contribution in [0.3, 0.4) is 0 Å². The Hall–Kier alpha value is -4.91. The minimum absolute atomic E-state index is 0.0523. The number of piperidine rings is 2. The summed E-state index contributed by atoms with van der Waals surface area (Å²) in [6.07, 6.45) is 8.41. The highest BCUT2D eigenvalue weighted by Gasteiger charge is 2.41. The van der Waals surface area contributed by atoms with Crippen molar-refractivity contribution >= 4 is 22.8 Å². The molecular weight excluding hydrogens is 651 g/mol. The van der Waals surface area contributed by atoms with Gasteiger partial charge in [-0.25, -0.2) is 9.50 Å². The van der Waals surface area contributed by atoms with Crippen molar-refractivity contribution in [3.05, 3.63) is 118 Å². The number of nitrogens with zero attached hydrogens (tertiary/aromatic N) is 7. The van der Waals surface area contributed by atoms with Crippen LogP contribution in [0.1, 0.15) is 41.3 Å². The van der Waals surface area contributed by atoms with Gasteiger partial charge in [-0.3, -0.25) is 24.0 Å². The molecule has 0 radical (unpaired) electrons. The predicted octanol–water partition coefficient (Wildman–Crippen LogP) is 5.24. The smallest absolute Gasteiger partial charge is 0.277 e. The summed E-state index contributed by atoms with van der Waals surface area (Å²) in [7, 11) is 0. The SMILES string of the molecule is Cc1ccc(-c2ncc(CN3CC[C@@H](C(=O)N4CCC(O)(Cn5cnn6c(-c7ccco7)ccc6c5=O)CC4)[C@H](c4ccccc4)C3)s2)cn1. The summed E-state index contributed by atoms with van der Waals surface area (Å²) in [5.74, 6) is 0.668. The zero-order valence-electron chi connectivity index (χ0n) is 27.9. The molecule has 0 aliphatic carbocycles. The van der Waals surface area contributed by atoms with Gasteiger partial charge in [0.15, 0.2) is 5.76 Å². The van der Waals surface area contributed by atoms with Gasteiger partial charge in [0.2, 0.25) is 5.91 Å². The molecule has 1 N–H and O–H groups in total. The minimum atomic E-state index is -1.12. The molecule has 2 saturated heterocycles. The highest BCUT2D eigenvalue weighted by Crippen LogP contribution is 2.37. The maximum absolute atomic E-state index is 14.2. The first-order valence-electron chi connectivity index (χ1n) is 17.1. The number of fused-ring (bicyclic) bond motifs is 1. The lowest BCUT2D eigenvalue weighted by Gasteiger charge is -2.43. The number of carbonyl (C=O) groups excluding carboxylic acids is 1. The van der Waals surface area contributed by atoms with E-state index in [0.29, 0.717) is 42.9 Å². The number of furan rings is 1. The number of aromatic nitrogens is 5. The molecule has 2 atom stereocenters. The summed E-state index contributed by atoms with van der Waals surface area (Å²) in [4.78, 5) is 42.2. The van der Waals surface area contributed by atoms with Crippen LogP contribution in [-0.2, 0) is 17.9 Å². The molecule has 50 heavy (non-hydrogen) atoms. The van der Waals surface area contributed by atoms with Gasteiger partial charge in [0.1, 0.15) is 22.5 Å². The number of aryl methyl sites for hydroxylation is 1. The summed E-state index contributed by atoms with van der Waals surface area (Å²) in [6.45, 7) is 5.34. The van der Waals surface area contributed by atoms with Crippen LogP contribution in [0.15, 0.2) is 101 Å². The Morgan fingerprint density at radius 3 is 2.60 bits per heavy atom. The van der Waals surface area contributed by atoms with E-state index in [9.17, 15) is 14.7 Å². The number of aliphatic hydroxyl groups is 1. The molecule has 1 amide bonds. The number of carbonyl (C=O) groups is 1. The van der Waals surface area contributed by atoms with Crippen molar-refractivity contribution in [2.45, 2.75) is 50.8 Å². The second-order valence-corrected chi connectivity index (χ2v) is 14.7. The van der Waals surface area contributed by atoms with Gasteiger partial charge in [-0.05, 0) is 74.7 Å². The maximum atomic E-state index is 14.2. The molecule has 7 heterocycles. The standard InChI is InChI=1S/C38H39N7O4S/c1-26-9-10-28(20-39-26)35-40-21-29(50-35)22-42-16-13-30(31(23-42)27-6-3-2-4-7-27)36(46)43-17-14-38(48,15-18-43)24-44-25-41-45-32(34-8-5-19-49-34)11-12-33(45)37(44)47/h2-12,19-21,25,30-31,48H,13-18,22-24H2,1H3/t30-,31+/m1/s1. The Morgan fingerprint density at radius 2 is 1.84 bits per heavy atom. The predicted molar refractivity (Wildman–Crippen MR) is 191 cm³/mol. The van der Waals surface area contributed by atoms with Crippen LogP contribution in [0.25, 0.3) is 27.5 Å². The average molecular weight is 690 g/mol. The number of hydrogen-bond donors (Lipinski definition) is 1. The summed E-state index contributed by atoms with van der Waals surface area (Å²) in [5.41, 5.74) is 2.92. The molecule has 0 saturated carbocycles. The van der Waals surface area contributed by atoms with Crippen LogP contribution in [-0.4, -0.2) is 76.7 Å². The van der Waals surface area contributed by atoms with Crippen molar-refractivity contribution in [3.63, 3.8) is 0 Å². The third kappa shape index (κ3) is 6.41. The second-order valence-electron chi connectivity index (χ2n) is 13.6. The van der Waals surface area contributed by atoms with Crippen LogP contribution in [0.2, 0.25) is 0 Å². The molecule has 2 aliphatic heterocycles. The van der Waals surface area contributed by atoms with E-state index in [0.717, 1.165) is 42.3 Å². The fourth-order valence-corrected chi connectivity index (χ4v) is 8.38. The van der Waals surface area contributed by atoms with Crippen LogP contribution in [0.5, 0.6) is 0 Å². The molecule has 11 nitrogen and oxygen atoms in total. The molecule has 0 bridgehead atoms. The van der Waals surface area contributed by atoms with Crippen LogP contribution in [0.4, 0.5) is 0 Å². The maximum Gasteiger partial charge on any atom is 0.277 e. The molecule has 256 valence electrons. The molecule has 0 spiro atoms. The lowest BCUT2D eigenvalue weighted by Crippen LogP contribution is -2.53. The summed E-state index contributed by atoms with van der Waals surface area (Å²) < 4.78 is 8.54. The number of hydrogen-bond acceptors (Lipinski definition) is 9. The third-order valence-corrected chi connectivity index (χ3v) is 11.3. The Kier molecular flexibility index (Phi) is 8.67. The van der Waals surface area contributed by atoms with E-state index in [2.05, 4.69) is 38.2 Å². The van der Waals surface area contributed by atoms with Crippen LogP contribution < -0.4 is 5.56 Å². The number of pyridine rings is 1. The summed E-state index contributed by atoms with van der Waals surface area (Å²) in [6, 6.07) is 21.6. The van der Waals surface area contributed by atoms with E-state index in [4.69, 9.17) is 4.42 Å². The molecule has 2 fully saturated rings. The Morgan fingerprint density at radius 1 is 1.00 bits per heavy atom. The van der Waals surface area contributed by atoms with Gasteiger partial charge >= 0.3 is 0 Å². The van der Waals surface area contributed by atoms with Crippen molar-refractivity contribution in [2.24, 2.45) is 5.92 Å². The van der Waals surface area contributed by atoms with E-state index in [1.807, 2.05) is 54.5 Å². The molecule has 5 aromatic heterocycles. The van der Waals surface area contributed by atoms with Crippen molar-refractivity contribution in [1.29, 1.82) is 0 Å². The molecule has 6 aromatic rings. The quantitative estimate of drug-likeness (QED) is 0.230. The highest BCUT2D eigenvalue weighted by molar-refractivity contribution is 7.15. The first kappa shape index (κ1) is 32.3. The topological polar surface area (TPSA) is 122 Å². The zero-order chi connectivity index (χ0) is 34.2. The van der Waals surface area contributed by atoms with Gasteiger partial charge in [0.25, 0.3) is 5.56 Å². The summed E-state index contributed by atoms with van der Waals surface area (Å²) in [5, 5.41) is 17.1. The van der Waals surface area contributed by atoms with Gasteiger partial charge in [-0.2, -0.15) is 5.10 Å². The van der Waals surface area contributed by atoms with Gasteiger partial charge in [0, 0.05) is 66.5 Å². The molecule has 1 aromatic carbocycles. The van der Waals surface area contributed by atoms with Crippen molar-refractivity contribution in [1.82, 2.24) is 33.9 Å². The third-order valence-electron chi connectivity index (χ3n) is 10.2. The first-order valence-corrected chi connectivity index (χ1v) is 17.9. The van der Waals surface area contributed by atoms with Crippen LogP contribution >= 0.6 is 11.3 Å². The van der Waals surface area contributed by atoms with Gasteiger partial charge < -0.3 is 14.4 Å². The van der Waals surface area contributed by atoms with E-state index in [1.165, 1.54) is 21.3 Å². The second kappa shape index (κ2) is 13.4. The minimum Gasteiger partial charge on any atom is -0.463 e. The van der Waals surface area contributed by atoms with E-state index in [-0.39, 0.29) is 29.8 Å². The molecular formula is C38H39N7O4S. The van der Waals surface area contributed by atoms with Crippen LogP contribution in [0, 0.1) is 12.8 Å². The molecule has 0 unspecified atom stereocenters. The molecule has 12 heteroatoms. The number of likely N-dealkylation sites (tertiary alicyclic amines) is 2. The largest absolute Gasteiger partial charge is 0.463 e. The van der Waals surface area contributed by atoms with Gasteiger partial charge in [-0.15, -0.1) is 11.3 Å². The zero-order valence-corrected chi connectivity index (χ0v) is 28.7. The fourth-order valence-electron chi connectivity index (χ4n) is 7.43. The number of benzene rings is 1. The summed E-state index contributed by atoms with van der Waals surface area (Å²) >= 11 is 1.69. The Bertz CT molecular complexity index is 2150. The van der Waals surface area contributed by atoms with E-state index >= 15 is 0 Å². The fraction of sp³-hybridized carbons (Fsp3) is 0.342. The monoisotopic (exact) mass is 689 g/mol. The Labute approximate surface area is 293 Å². The van der Waals surface area contributed by atoms with E-state index in [1.54, 1.807) is 40.3 Å². The van der Waals surface area contributed by atoms with Crippen molar-refractivity contribution in [3.8, 4) is 22.0 Å². The van der Waals surface area contributed by atoms with E-state index < -0.39 is 5.60 Å². The van der Waals surface area contributed by atoms with Gasteiger partial charge in [0.05, 0.1) is 18.4 Å². The lowest BCUT2D eigenvalue weighted by atomic mass is 9.79. The number of amides is 1. The molecule has 2 aliphatic rings. The lowest BCUT2D eigenvalue weighted by molar-refractivity contribution is -0.142. The van der Waals surface area contributed by atoms with Gasteiger partial charge in [-0.1, -0.05) is 30.3 Å².